The second-order valence-electron chi connectivity index (χ2n) is 3.07. The summed E-state index contributed by atoms with van der Waals surface area (Å²) >= 11 is 1.33. The lowest BCUT2D eigenvalue weighted by Gasteiger charge is -2.07. The molecule has 0 aliphatic carbocycles. The van der Waals surface area contributed by atoms with Crippen LogP contribution in [0.3, 0.4) is 0 Å². The van der Waals surface area contributed by atoms with Crippen LogP contribution in [0.25, 0.3) is 0 Å². The molecule has 0 N–H and O–H groups in total. The van der Waals surface area contributed by atoms with Gasteiger partial charge in [-0.3, -0.25) is 4.79 Å². The molecule has 1 unspecified atom stereocenters. The highest BCUT2D eigenvalue weighted by Crippen LogP contribution is 2.16. The van der Waals surface area contributed by atoms with E-state index in [2.05, 4.69) is 14.7 Å². The summed E-state index contributed by atoms with van der Waals surface area (Å²) in [6, 6.07) is 3.47. The molecular weight excluding hydrogens is 226 g/mol. The number of hydrogen-bond acceptors (Lipinski definition) is 6. The van der Waals surface area contributed by atoms with Gasteiger partial charge in [-0.25, -0.2) is 9.97 Å². The van der Waals surface area contributed by atoms with Gasteiger partial charge in [0.05, 0.1) is 13.0 Å². The molecule has 5 nitrogen and oxygen atoms in total. The number of ether oxygens (including phenoxy) is 1. The topological polar surface area (TPSA) is 75.9 Å². The van der Waals surface area contributed by atoms with Crippen LogP contribution in [0.1, 0.15) is 12.6 Å². The molecule has 84 valence electrons. The molecule has 1 heterocycles. The second-order valence-corrected chi connectivity index (χ2v) is 4.06. The number of carbonyl (C=O) groups excluding carboxylic acids is 1. The Labute approximate surface area is 97.9 Å². The summed E-state index contributed by atoms with van der Waals surface area (Å²) in [6.45, 7) is 1.77. The van der Waals surface area contributed by atoms with Crippen LogP contribution >= 0.6 is 11.8 Å². The second kappa shape index (κ2) is 6.08. The quantitative estimate of drug-likeness (QED) is 0.445. The van der Waals surface area contributed by atoms with Crippen molar-refractivity contribution in [2.24, 2.45) is 5.92 Å². The molecule has 0 aliphatic rings. The first-order valence-electron chi connectivity index (χ1n) is 4.61. The van der Waals surface area contributed by atoms with Crippen molar-refractivity contribution in [2.45, 2.75) is 12.1 Å². The van der Waals surface area contributed by atoms with Crippen molar-refractivity contribution in [2.75, 3.05) is 12.9 Å². The lowest BCUT2D eigenvalue weighted by Crippen LogP contribution is -2.15. The number of thioether (sulfide) groups is 1. The van der Waals surface area contributed by atoms with E-state index in [0.717, 1.165) is 0 Å². The smallest absolute Gasteiger partial charge is 0.309 e. The number of methoxy groups -OCH3 is 1. The average Bonchev–Trinajstić information content (AvgIpc) is 2.35. The van der Waals surface area contributed by atoms with Crippen LogP contribution in [0, 0.1) is 17.2 Å². The van der Waals surface area contributed by atoms with Crippen LogP contribution in [-0.2, 0) is 9.53 Å². The summed E-state index contributed by atoms with van der Waals surface area (Å²) in [5.74, 6) is 0.0509. The Kier molecular flexibility index (Phi) is 4.73. The van der Waals surface area contributed by atoms with E-state index in [1.165, 1.54) is 31.1 Å². The minimum Gasteiger partial charge on any atom is -0.469 e. The lowest BCUT2D eigenvalue weighted by molar-refractivity contribution is -0.143. The summed E-state index contributed by atoms with van der Waals surface area (Å²) < 4.78 is 4.60. The number of nitriles is 1. The van der Waals surface area contributed by atoms with E-state index >= 15 is 0 Å². The molecule has 16 heavy (non-hydrogen) atoms. The van der Waals surface area contributed by atoms with Crippen LogP contribution in [-0.4, -0.2) is 28.8 Å². The van der Waals surface area contributed by atoms with Crippen molar-refractivity contribution >= 4 is 17.7 Å². The van der Waals surface area contributed by atoms with Crippen molar-refractivity contribution in [3.63, 3.8) is 0 Å². The van der Waals surface area contributed by atoms with E-state index in [9.17, 15) is 4.79 Å². The number of aromatic nitrogens is 2. The standard InChI is InChI=1S/C10H11N3O2S/c1-7(9(14)15-2)6-16-10-12-4-3-8(5-11)13-10/h3-4,7H,6H2,1-2H3. The van der Waals surface area contributed by atoms with Gasteiger partial charge in [0.15, 0.2) is 5.16 Å². The number of nitrogens with zero attached hydrogens (tertiary/aromatic N) is 3. The van der Waals surface area contributed by atoms with E-state index in [1.807, 2.05) is 6.07 Å². The van der Waals surface area contributed by atoms with Crippen molar-refractivity contribution in [3.05, 3.63) is 18.0 Å². The highest BCUT2D eigenvalue weighted by Gasteiger charge is 2.14. The third kappa shape index (κ3) is 3.51. The Hall–Kier alpha value is -1.61. The van der Waals surface area contributed by atoms with Gasteiger partial charge in [0.25, 0.3) is 0 Å². The summed E-state index contributed by atoms with van der Waals surface area (Å²) in [7, 11) is 1.36. The highest BCUT2D eigenvalue weighted by molar-refractivity contribution is 7.99. The van der Waals surface area contributed by atoms with E-state index in [4.69, 9.17) is 5.26 Å². The minimum absolute atomic E-state index is 0.218. The molecule has 0 amide bonds. The first kappa shape index (κ1) is 12.5. The molecule has 0 saturated carbocycles. The largest absolute Gasteiger partial charge is 0.469 e. The summed E-state index contributed by atoms with van der Waals surface area (Å²) in [5, 5.41) is 9.14. The molecule has 0 saturated heterocycles. The predicted molar refractivity (Wildman–Crippen MR) is 58.7 cm³/mol. The Balaban J connectivity index is 2.55. The fourth-order valence-electron chi connectivity index (χ4n) is 0.941. The summed E-state index contributed by atoms with van der Waals surface area (Å²) in [4.78, 5) is 19.1. The number of hydrogen-bond donors (Lipinski definition) is 0. The van der Waals surface area contributed by atoms with E-state index < -0.39 is 0 Å². The Morgan fingerprint density at radius 1 is 1.75 bits per heavy atom. The van der Waals surface area contributed by atoms with E-state index in [1.54, 1.807) is 6.92 Å². The van der Waals surface area contributed by atoms with Gasteiger partial charge in [-0.2, -0.15) is 5.26 Å². The van der Waals surface area contributed by atoms with Gasteiger partial charge in [0.2, 0.25) is 0 Å². The maximum Gasteiger partial charge on any atom is 0.309 e. The van der Waals surface area contributed by atoms with Crippen LogP contribution in [0.4, 0.5) is 0 Å². The molecule has 6 heteroatoms. The van der Waals surface area contributed by atoms with E-state index in [0.29, 0.717) is 16.6 Å². The first-order valence-corrected chi connectivity index (χ1v) is 5.59. The minimum atomic E-state index is -0.260. The molecule has 0 aromatic carbocycles. The Morgan fingerprint density at radius 2 is 2.50 bits per heavy atom. The zero-order valence-electron chi connectivity index (χ0n) is 9.01. The fraction of sp³-hybridized carbons (Fsp3) is 0.400. The maximum atomic E-state index is 11.1. The van der Waals surface area contributed by atoms with Crippen molar-refractivity contribution in [1.29, 1.82) is 5.26 Å². The van der Waals surface area contributed by atoms with Crippen LogP contribution < -0.4 is 0 Å². The number of carbonyl (C=O) groups is 1. The molecule has 0 bridgehead atoms. The van der Waals surface area contributed by atoms with Crippen LogP contribution in [0.2, 0.25) is 0 Å². The van der Waals surface area contributed by atoms with Gasteiger partial charge < -0.3 is 4.74 Å². The van der Waals surface area contributed by atoms with E-state index in [-0.39, 0.29) is 11.9 Å². The van der Waals surface area contributed by atoms with Gasteiger partial charge in [0.1, 0.15) is 11.8 Å². The normalized spacial score (nSPS) is 11.6. The molecular formula is C10H11N3O2S. The first-order chi connectivity index (χ1) is 7.67. The molecule has 1 aromatic rings. The molecule has 0 fully saturated rings. The monoisotopic (exact) mass is 237 g/mol. The Morgan fingerprint density at radius 3 is 3.12 bits per heavy atom. The van der Waals surface area contributed by atoms with Crippen molar-refractivity contribution in [3.8, 4) is 6.07 Å². The van der Waals surface area contributed by atoms with Gasteiger partial charge >= 0.3 is 5.97 Å². The van der Waals surface area contributed by atoms with Gasteiger partial charge in [-0.05, 0) is 6.07 Å². The highest BCUT2D eigenvalue weighted by atomic mass is 32.2. The average molecular weight is 237 g/mol. The van der Waals surface area contributed by atoms with Gasteiger partial charge in [-0.1, -0.05) is 18.7 Å². The number of rotatable bonds is 4. The fourth-order valence-corrected chi connectivity index (χ4v) is 1.77. The molecule has 1 aromatic heterocycles. The zero-order valence-corrected chi connectivity index (χ0v) is 9.82. The third-order valence-corrected chi connectivity index (χ3v) is 2.94. The molecule has 0 spiro atoms. The van der Waals surface area contributed by atoms with Gasteiger partial charge in [0, 0.05) is 11.9 Å². The Bertz CT molecular complexity index is 417. The molecule has 0 radical (unpaired) electrons. The van der Waals surface area contributed by atoms with Crippen LogP contribution in [0.5, 0.6) is 0 Å². The lowest BCUT2D eigenvalue weighted by atomic mass is 10.2. The summed E-state index contributed by atoms with van der Waals surface area (Å²) in [5.41, 5.74) is 0.322. The zero-order chi connectivity index (χ0) is 12.0. The van der Waals surface area contributed by atoms with Crippen molar-refractivity contribution < 1.29 is 9.53 Å². The molecule has 0 aliphatic heterocycles. The number of esters is 1. The third-order valence-electron chi connectivity index (χ3n) is 1.81. The summed E-state index contributed by atoms with van der Waals surface area (Å²) in [6.07, 6.45) is 1.52. The predicted octanol–water partition coefficient (Wildman–Crippen LogP) is 1.25. The molecule has 1 atom stereocenters. The van der Waals surface area contributed by atoms with Crippen LogP contribution in [0.15, 0.2) is 17.4 Å². The van der Waals surface area contributed by atoms with Gasteiger partial charge in [-0.15, -0.1) is 0 Å². The molecule has 1 rings (SSSR count). The SMILES string of the molecule is COC(=O)C(C)CSc1nccc(C#N)n1. The maximum absolute atomic E-state index is 11.1. The van der Waals surface area contributed by atoms with Crippen molar-refractivity contribution in [1.82, 2.24) is 9.97 Å².